The summed E-state index contributed by atoms with van der Waals surface area (Å²) in [4.78, 5) is 0. The summed E-state index contributed by atoms with van der Waals surface area (Å²) in [6.45, 7) is 4.77. The summed E-state index contributed by atoms with van der Waals surface area (Å²) in [7, 11) is 0. The van der Waals surface area contributed by atoms with Gasteiger partial charge in [0.15, 0.2) is 0 Å². The highest BCUT2D eigenvalue weighted by Crippen LogP contribution is 2.19. The largest absolute Gasteiger partial charge is 0.378 e. The molecule has 1 nitrogen and oxygen atoms in total. The molecule has 1 saturated heterocycles. The van der Waals surface area contributed by atoms with Gasteiger partial charge in [0.25, 0.3) is 0 Å². The molecule has 0 bridgehead atoms. The first-order chi connectivity index (χ1) is 8.93. The fourth-order valence-corrected chi connectivity index (χ4v) is 2.77. The monoisotopic (exact) mass is 252 g/mol. The van der Waals surface area contributed by atoms with Crippen molar-refractivity contribution >= 4 is 0 Å². The van der Waals surface area contributed by atoms with Gasteiger partial charge in [-0.25, -0.2) is 0 Å². The standard InChI is InChI=1S/C17H32O/c1-2-3-4-5-6-7-8-9-10-11-12-14-17-15-13-16-18-17/h2,17H,1,3-16H2/t17-/m1/s1. The van der Waals surface area contributed by atoms with E-state index in [2.05, 4.69) is 6.58 Å². The van der Waals surface area contributed by atoms with Crippen molar-refractivity contribution in [3.8, 4) is 0 Å². The van der Waals surface area contributed by atoms with Crippen LogP contribution in [0, 0.1) is 0 Å². The highest BCUT2D eigenvalue weighted by atomic mass is 16.5. The summed E-state index contributed by atoms with van der Waals surface area (Å²) in [5.41, 5.74) is 0. The maximum atomic E-state index is 5.64. The molecule has 0 N–H and O–H groups in total. The van der Waals surface area contributed by atoms with Gasteiger partial charge < -0.3 is 4.74 Å². The normalized spacial score (nSPS) is 19.2. The highest BCUT2D eigenvalue weighted by molar-refractivity contribution is 4.65. The van der Waals surface area contributed by atoms with Crippen LogP contribution in [-0.2, 0) is 4.74 Å². The molecule has 0 aromatic carbocycles. The van der Waals surface area contributed by atoms with E-state index in [0.717, 1.165) is 6.61 Å². The van der Waals surface area contributed by atoms with Crippen molar-refractivity contribution in [3.63, 3.8) is 0 Å². The number of allylic oxidation sites excluding steroid dienone is 1. The van der Waals surface area contributed by atoms with Crippen LogP contribution >= 0.6 is 0 Å². The molecular weight excluding hydrogens is 220 g/mol. The minimum Gasteiger partial charge on any atom is -0.378 e. The fraction of sp³-hybridized carbons (Fsp3) is 0.882. The molecule has 1 fully saturated rings. The molecule has 0 unspecified atom stereocenters. The lowest BCUT2D eigenvalue weighted by Gasteiger charge is -2.08. The second kappa shape index (κ2) is 11.8. The van der Waals surface area contributed by atoms with Gasteiger partial charge in [0.1, 0.15) is 0 Å². The van der Waals surface area contributed by atoms with Crippen LogP contribution in [0.5, 0.6) is 0 Å². The molecule has 0 spiro atoms. The Morgan fingerprint density at radius 3 is 2.06 bits per heavy atom. The van der Waals surface area contributed by atoms with E-state index < -0.39 is 0 Å². The van der Waals surface area contributed by atoms with Crippen LogP contribution in [0.2, 0.25) is 0 Å². The van der Waals surface area contributed by atoms with Gasteiger partial charge in [0, 0.05) is 6.61 Å². The van der Waals surface area contributed by atoms with E-state index in [9.17, 15) is 0 Å². The summed E-state index contributed by atoms with van der Waals surface area (Å²) in [5, 5.41) is 0. The molecule has 0 amide bonds. The van der Waals surface area contributed by atoms with Crippen molar-refractivity contribution in [1.29, 1.82) is 0 Å². The Hall–Kier alpha value is -0.300. The topological polar surface area (TPSA) is 9.23 Å². The predicted molar refractivity (Wildman–Crippen MR) is 80.0 cm³/mol. The van der Waals surface area contributed by atoms with Gasteiger partial charge in [-0.05, 0) is 32.1 Å². The number of hydrogen-bond donors (Lipinski definition) is 0. The molecule has 0 radical (unpaired) electrons. The van der Waals surface area contributed by atoms with Gasteiger partial charge in [-0.15, -0.1) is 6.58 Å². The first kappa shape index (κ1) is 15.8. The highest BCUT2D eigenvalue weighted by Gasteiger charge is 2.14. The van der Waals surface area contributed by atoms with Gasteiger partial charge in [-0.3, -0.25) is 0 Å². The van der Waals surface area contributed by atoms with E-state index >= 15 is 0 Å². The smallest absolute Gasteiger partial charge is 0.0576 e. The van der Waals surface area contributed by atoms with Crippen LogP contribution in [-0.4, -0.2) is 12.7 Å². The second-order valence-electron chi connectivity index (χ2n) is 5.68. The van der Waals surface area contributed by atoms with Crippen LogP contribution in [0.25, 0.3) is 0 Å². The Morgan fingerprint density at radius 1 is 0.889 bits per heavy atom. The molecule has 1 atom stereocenters. The van der Waals surface area contributed by atoms with Gasteiger partial charge in [-0.2, -0.15) is 0 Å². The number of unbranched alkanes of at least 4 members (excludes halogenated alkanes) is 9. The van der Waals surface area contributed by atoms with Crippen molar-refractivity contribution in [2.75, 3.05) is 6.61 Å². The van der Waals surface area contributed by atoms with E-state index in [4.69, 9.17) is 4.74 Å². The predicted octanol–water partition coefficient (Wildman–Crippen LogP) is 5.64. The molecule has 0 aromatic rings. The molecule has 0 aliphatic carbocycles. The van der Waals surface area contributed by atoms with E-state index in [1.165, 1.54) is 83.5 Å². The lowest BCUT2D eigenvalue weighted by atomic mass is 10.0. The molecule has 0 aromatic heterocycles. The fourth-order valence-electron chi connectivity index (χ4n) is 2.77. The van der Waals surface area contributed by atoms with Crippen LogP contribution in [0.1, 0.15) is 83.5 Å². The number of ether oxygens (including phenoxy) is 1. The van der Waals surface area contributed by atoms with Crippen molar-refractivity contribution in [1.82, 2.24) is 0 Å². The first-order valence-corrected chi connectivity index (χ1v) is 8.16. The average molecular weight is 252 g/mol. The Morgan fingerprint density at radius 2 is 1.50 bits per heavy atom. The zero-order chi connectivity index (χ0) is 12.9. The SMILES string of the molecule is C=CCCCCCCCCCCC[C@@H]1CCCO1. The molecule has 1 aliphatic rings. The third-order valence-electron chi connectivity index (χ3n) is 3.96. The number of rotatable bonds is 12. The summed E-state index contributed by atoms with van der Waals surface area (Å²) >= 11 is 0. The quantitative estimate of drug-likeness (QED) is 0.322. The molecule has 0 saturated carbocycles. The zero-order valence-corrected chi connectivity index (χ0v) is 12.2. The van der Waals surface area contributed by atoms with Crippen molar-refractivity contribution in [3.05, 3.63) is 12.7 Å². The third-order valence-corrected chi connectivity index (χ3v) is 3.96. The van der Waals surface area contributed by atoms with E-state index in [1.807, 2.05) is 6.08 Å². The van der Waals surface area contributed by atoms with Crippen molar-refractivity contribution in [2.24, 2.45) is 0 Å². The lowest BCUT2D eigenvalue weighted by molar-refractivity contribution is 0.102. The summed E-state index contributed by atoms with van der Waals surface area (Å²) < 4.78 is 5.64. The van der Waals surface area contributed by atoms with Gasteiger partial charge in [-0.1, -0.05) is 57.4 Å². The maximum Gasteiger partial charge on any atom is 0.0576 e. The third kappa shape index (κ3) is 8.74. The van der Waals surface area contributed by atoms with Crippen LogP contribution < -0.4 is 0 Å². The van der Waals surface area contributed by atoms with E-state index in [0.29, 0.717) is 6.10 Å². The minimum absolute atomic E-state index is 0.606. The molecule has 1 heterocycles. The van der Waals surface area contributed by atoms with Crippen LogP contribution in [0.4, 0.5) is 0 Å². The van der Waals surface area contributed by atoms with Crippen molar-refractivity contribution in [2.45, 2.75) is 89.6 Å². The van der Waals surface area contributed by atoms with Crippen LogP contribution in [0.3, 0.4) is 0 Å². The van der Waals surface area contributed by atoms with E-state index in [1.54, 1.807) is 0 Å². The van der Waals surface area contributed by atoms with Gasteiger partial charge in [0.05, 0.1) is 6.10 Å². The molecule has 18 heavy (non-hydrogen) atoms. The van der Waals surface area contributed by atoms with E-state index in [-0.39, 0.29) is 0 Å². The zero-order valence-electron chi connectivity index (χ0n) is 12.2. The van der Waals surface area contributed by atoms with Gasteiger partial charge in [0.2, 0.25) is 0 Å². The second-order valence-corrected chi connectivity index (χ2v) is 5.68. The molecule has 1 rings (SSSR count). The van der Waals surface area contributed by atoms with Crippen LogP contribution in [0.15, 0.2) is 12.7 Å². The average Bonchev–Trinajstić information content (AvgIpc) is 2.89. The van der Waals surface area contributed by atoms with Crippen molar-refractivity contribution < 1.29 is 4.74 Å². The Kier molecular flexibility index (Phi) is 10.3. The summed E-state index contributed by atoms with van der Waals surface area (Å²) in [6, 6.07) is 0. The first-order valence-electron chi connectivity index (χ1n) is 8.16. The molecule has 106 valence electrons. The molecular formula is C17H32O. The minimum atomic E-state index is 0.606. The Labute approximate surface area is 114 Å². The maximum absolute atomic E-state index is 5.64. The Balaban J connectivity index is 1.69. The summed E-state index contributed by atoms with van der Waals surface area (Å²) in [6.07, 6.45) is 20.4. The summed E-state index contributed by atoms with van der Waals surface area (Å²) in [5.74, 6) is 0. The number of hydrogen-bond acceptors (Lipinski definition) is 1. The lowest BCUT2D eigenvalue weighted by Crippen LogP contribution is -2.03. The molecule has 1 heteroatoms. The Bertz CT molecular complexity index is 182. The molecule has 1 aliphatic heterocycles. The van der Waals surface area contributed by atoms with Gasteiger partial charge >= 0.3 is 0 Å².